The van der Waals surface area contributed by atoms with Crippen LogP contribution < -0.4 is 10.0 Å². The second-order valence-corrected chi connectivity index (χ2v) is 7.89. The van der Waals surface area contributed by atoms with Crippen molar-refractivity contribution in [1.82, 2.24) is 5.32 Å². The second kappa shape index (κ2) is 8.56. The van der Waals surface area contributed by atoms with E-state index in [1.165, 1.54) is 42.5 Å². The zero-order chi connectivity index (χ0) is 18.4. The predicted molar refractivity (Wildman–Crippen MR) is 101 cm³/mol. The monoisotopic (exact) mass is 400 g/mol. The van der Waals surface area contributed by atoms with Crippen molar-refractivity contribution >= 4 is 44.8 Å². The van der Waals surface area contributed by atoms with Gasteiger partial charge in [-0.3, -0.25) is 9.52 Å². The Kier molecular flexibility index (Phi) is 6.70. The molecule has 0 aromatic heterocycles. The number of nitrogens with one attached hydrogen (secondary N) is 2. The summed E-state index contributed by atoms with van der Waals surface area (Å²) in [7, 11) is -3.77. The molecule has 5 nitrogen and oxygen atoms in total. The van der Waals surface area contributed by atoms with E-state index in [0.717, 1.165) is 12.8 Å². The van der Waals surface area contributed by atoms with Gasteiger partial charge in [-0.1, -0.05) is 36.5 Å². The molecule has 0 atom stereocenters. The van der Waals surface area contributed by atoms with Gasteiger partial charge in [0.05, 0.1) is 21.2 Å². The molecule has 2 aromatic rings. The molecule has 134 valence electrons. The maximum atomic E-state index is 12.3. The van der Waals surface area contributed by atoms with Crippen LogP contribution in [0, 0.1) is 0 Å². The molecule has 2 aromatic carbocycles. The number of amides is 1. The summed E-state index contributed by atoms with van der Waals surface area (Å²) in [4.78, 5) is 12.1. The first-order chi connectivity index (χ1) is 11.8. The average molecular weight is 401 g/mol. The second-order valence-electron chi connectivity index (χ2n) is 5.36. The van der Waals surface area contributed by atoms with Gasteiger partial charge in [0.2, 0.25) is 0 Å². The highest BCUT2D eigenvalue weighted by Crippen LogP contribution is 2.24. The van der Waals surface area contributed by atoms with Gasteiger partial charge < -0.3 is 5.32 Å². The highest BCUT2D eigenvalue weighted by Gasteiger charge is 2.16. The smallest absolute Gasteiger partial charge is 0.261 e. The lowest BCUT2D eigenvalue weighted by molar-refractivity contribution is 0.0953. The molecule has 1 amide bonds. The van der Waals surface area contributed by atoms with Gasteiger partial charge in [0.15, 0.2) is 0 Å². The van der Waals surface area contributed by atoms with Crippen LogP contribution in [0.5, 0.6) is 0 Å². The minimum Gasteiger partial charge on any atom is -0.352 e. The van der Waals surface area contributed by atoms with E-state index in [0.29, 0.717) is 17.1 Å². The van der Waals surface area contributed by atoms with Crippen LogP contribution in [0.25, 0.3) is 0 Å². The van der Waals surface area contributed by atoms with Crippen molar-refractivity contribution in [2.24, 2.45) is 0 Å². The molecule has 25 heavy (non-hydrogen) atoms. The minimum absolute atomic E-state index is 0.0782. The van der Waals surface area contributed by atoms with Gasteiger partial charge in [-0.2, -0.15) is 0 Å². The fourth-order valence-electron chi connectivity index (χ4n) is 2.06. The Bertz CT molecular complexity index is 853. The van der Waals surface area contributed by atoms with Crippen LogP contribution >= 0.6 is 23.2 Å². The van der Waals surface area contributed by atoms with Crippen molar-refractivity contribution in [3.05, 3.63) is 58.1 Å². The molecular formula is C17H18Cl2N2O3S. The largest absolute Gasteiger partial charge is 0.352 e. The third-order valence-corrected chi connectivity index (χ3v) is 5.37. The average Bonchev–Trinajstić information content (AvgIpc) is 2.55. The Labute approximate surface area is 157 Å². The van der Waals surface area contributed by atoms with Crippen LogP contribution in [0.4, 0.5) is 5.69 Å². The molecule has 0 saturated heterocycles. The van der Waals surface area contributed by atoms with E-state index >= 15 is 0 Å². The molecule has 0 heterocycles. The summed E-state index contributed by atoms with van der Waals surface area (Å²) < 4.78 is 27.1. The number of sulfonamides is 1. The van der Waals surface area contributed by atoms with Crippen molar-refractivity contribution in [2.75, 3.05) is 11.3 Å². The molecule has 0 aliphatic rings. The first-order valence-electron chi connectivity index (χ1n) is 7.69. The van der Waals surface area contributed by atoms with Crippen molar-refractivity contribution < 1.29 is 13.2 Å². The van der Waals surface area contributed by atoms with Gasteiger partial charge in [-0.25, -0.2) is 8.42 Å². The van der Waals surface area contributed by atoms with Crippen molar-refractivity contribution in [2.45, 2.75) is 24.7 Å². The normalized spacial score (nSPS) is 11.2. The lowest BCUT2D eigenvalue weighted by atomic mass is 10.2. The minimum atomic E-state index is -3.77. The van der Waals surface area contributed by atoms with E-state index in [-0.39, 0.29) is 21.5 Å². The molecule has 0 unspecified atom stereocenters. The number of benzene rings is 2. The van der Waals surface area contributed by atoms with Crippen LogP contribution in [-0.4, -0.2) is 20.9 Å². The number of hydrogen-bond donors (Lipinski definition) is 2. The third kappa shape index (κ3) is 5.36. The third-order valence-electron chi connectivity index (χ3n) is 3.41. The molecule has 8 heteroatoms. The van der Waals surface area contributed by atoms with Gasteiger partial charge in [0, 0.05) is 11.6 Å². The number of hydrogen-bond acceptors (Lipinski definition) is 3. The number of anilines is 1. The molecular weight excluding hydrogens is 383 g/mol. The first kappa shape index (κ1) is 19.6. The Morgan fingerprint density at radius 3 is 2.36 bits per heavy atom. The Morgan fingerprint density at radius 2 is 1.76 bits per heavy atom. The van der Waals surface area contributed by atoms with Crippen molar-refractivity contribution in [1.29, 1.82) is 0 Å². The molecule has 2 rings (SSSR count). The van der Waals surface area contributed by atoms with Crippen LogP contribution in [-0.2, 0) is 10.0 Å². The van der Waals surface area contributed by atoms with E-state index in [1.807, 2.05) is 6.92 Å². The van der Waals surface area contributed by atoms with E-state index in [2.05, 4.69) is 10.0 Å². The number of carbonyl (C=O) groups is 1. The van der Waals surface area contributed by atoms with E-state index < -0.39 is 10.0 Å². The number of halogens is 2. The summed E-state index contributed by atoms with van der Waals surface area (Å²) in [6, 6.07) is 10.2. The van der Waals surface area contributed by atoms with Gasteiger partial charge >= 0.3 is 0 Å². The zero-order valence-electron chi connectivity index (χ0n) is 13.6. The van der Waals surface area contributed by atoms with Gasteiger partial charge in [0.1, 0.15) is 0 Å². The number of rotatable bonds is 7. The molecule has 0 saturated carbocycles. The summed E-state index contributed by atoms with van der Waals surface area (Å²) in [6.45, 7) is 2.59. The number of unbranched alkanes of at least 4 members (excludes halogenated alkanes) is 1. The Balaban J connectivity index is 2.14. The Hall–Kier alpha value is -1.76. The topological polar surface area (TPSA) is 75.3 Å². The maximum Gasteiger partial charge on any atom is 0.261 e. The summed E-state index contributed by atoms with van der Waals surface area (Å²) in [6.07, 6.45) is 1.85. The molecule has 2 N–H and O–H groups in total. The lowest BCUT2D eigenvalue weighted by Crippen LogP contribution is -2.24. The molecule has 0 fully saturated rings. The molecule has 0 aliphatic carbocycles. The van der Waals surface area contributed by atoms with Gasteiger partial charge in [0.25, 0.3) is 15.9 Å². The van der Waals surface area contributed by atoms with E-state index in [4.69, 9.17) is 23.2 Å². The Morgan fingerprint density at radius 1 is 1.08 bits per heavy atom. The summed E-state index contributed by atoms with van der Waals surface area (Å²) in [5.41, 5.74) is 0.567. The summed E-state index contributed by atoms with van der Waals surface area (Å²) in [5.74, 6) is -0.287. The fourth-order valence-corrected chi connectivity index (χ4v) is 3.51. The highest BCUT2D eigenvalue weighted by atomic mass is 35.5. The number of carbonyl (C=O) groups excluding carboxylic acids is 1. The summed E-state index contributed by atoms with van der Waals surface area (Å²) >= 11 is 11.9. The first-order valence-corrected chi connectivity index (χ1v) is 9.93. The molecule has 0 radical (unpaired) electrons. The standard InChI is InChI=1S/C17H18Cl2N2O3S/c1-2-3-10-20-17(22)15-9-6-13(11-16(15)19)21-25(23,24)14-7-4-12(18)5-8-14/h4-9,11,21H,2-3,10H2,1H3,(H,20,22). The lowest BCUT2D eigenvalue weighted by Gasteiger charge is -2.11. The summed E-state index contributed by atoms with van der Waals surface area (Å²) in [5, 5.41) is 3.38. The highest BCUT2D eigenvalue weighted by molar-refractivity contribution is 7.92. The van der Waals surface area contributed by atoms with Crippen LogP contribution in [0.1, 0.15) is 30.1 Å². The van der Waals surface area contributed by atoms with Crippen molar-refractivity contribution in [3.8, 4) is 0 Å². The molecule has 0 bridgehead atoms. The quantitative estimate of drug-likeness (QED) is 0.679. The van der Waals surface area contributed by atoms with E-state index in [9.17, 15) is 13.2 Å². The van der Waals surface area contributed by atoms with Gasteiger partial charge in [-0.05, 0) is 48.9 Å². The fraction of sp³-hybridized carbons (Fsp3) is 0.235. The van der Waals surface area contributed by atoms with Gasteiger partial charge in [-0.15, -0.1) is 0 Å². The van der Waals surface area contributed by atoms with E-state index in [1.54, 1.807) is 0 Å². The van der Waals surface area contributed by atoms with Crippen LogP contribution in [0.2, 0.25) is 10.0 Å². The SMILES string of the molecule is CCCCNC(=O)c1ccc(NS(=O)(=O)c2ccc(Cl)cc2)cc1Cl. The molecule has 0 aliphatic heterocycles. The van der Waals surface area contributed by atoms with Crippen molar-refractivity contribution in [3.63, 3.8) is 0 Å². The zero-order valence-corrected chi connectivity index (χ0v) is 15.9. The maximum absolute atomic E-state index is 12.3. The van der Waals surface area contributed by atoms with Crippen LogP contribution in [0.15, 0.2) is 47.4 Å². The predicted octanol–water partition coefficient (Wildman–Crippen LogP) is 4.32. The van der Waals surface area contributed by atoms with Crippen LogP contribution in [0.3, 0.4) is 0 Å². The molecule has 0 spiro atoms.